The van der Waals surface area contributed by atoms with E-state index in [1.807, 2.05) is 12.1 Å². The summed E-state index contributed by atoms with van der Waals surface area (Å²) in [6.45, 7) is 2.92. The van der Waals surface area contributed by atoms with Crippen LogP contribution in [0.1, 0.15) is 32.2 Å². The van der Waals surface area contributed by atoms with Crippen molar-refractivity contribution in [1.29, 1.82) is 0 Å². The number of nitrogens with one attached hydrogen (secondary N) is 2. The third-order valence-electron chi connectivity index (χ3n) is 5.63. The van der Waals surface area contributed by atoms with Gasteiger partial charge in [0.25, 0.3) is 0 Å². The zero-order chi connectivity index (χ0) is 25.8. The van der Waals surface area contributed by atoms with Crippen LogP contribution in [0.3, 0.4) is 0 Å². The summed E-state index contributed by atoms with van der Waals surface area (Å²) in [5.74, 6) is 1.35. The molecule has 1 amide bonds. The van der Waals surface area contributed by atoms with Crippen molar-refractivity contribution in [2.75, 3.05) is 38.5 Å². The molecule has 1 aliphatic rings. The number of benzene rings is 1. The first-order chi connectivity index (χ1) is 17.4. The van der Waals surface area contributed by atoms with Gasteiger partial charge in [0.2, 0.25) is 18.1 Å². The number of carboxylic acids is 1. The van der Waals surface area contributed by atoms with Crippen LogP contribution in [-0.2, 0) is 24.3 Å². The third kappa shape index (κ3) is 5.10. The number of fused-ring (bicyclic) bond motifs is 1. The summed E-state index contributed by atoms with van der Waals surface area (Å²) in [6, 6.07) is 3.68. The summed E-state index contributed by atoms with van der Waals surface area (Å²) in [5.41, 5.74) is 2.88. The van der Waals surface area contributed by atoms with E-state index >= 15 is 0 Å². The summed E-state index contributed by atoms with van der Waals surface area (Å²) in [7, 11) is 4.65. The van der Waals surface area contributed by atoms with Crippen LogP contribution in [-0.4, -0.2) is 65.2 Å². The quantitative estimate of drug-likeness (QED) is 0.343. The predicted molar refractivity (Wildman–Crippen MR) is 133 cm³/mol. The van der Waals surface area contributed by atoms with Gasteiger partial charge in [-0.05, 0) is 24.6 Å². The molecule has 3 heterocycles. The van der Waals surface area contributed by atoms with Crippen molar-refractivity contribution in [3.05, 3.63) is 39.5 Å². The molecule has 0 bridgehead atoms. The molecular formula is C23H26N6O6S. The van der Waals surface area contributed by atoms with Gasteiger partial charge in [-0.25, -0.2) is 14.8 Å². The first-order valence-electron chi connectivity index (χ1n) is 11.0. The Morgan fingerprint density at radius 3 is 2.47 bits per heavy atom. The molecule has 0 atom stereocenters. The van der Waals surface area contributed by atoms with Gasteiger partial charge in [-0.15, -0.1) is 0 Å². The van der Waals surface area contributed by atoms with E-state index in [1.54, 1.807) is 33.2 Å². The summed E-state index contributed by atoms with van der Waals surface area (Å²) in [4.78, 5) is 38.1. The molecule has 3 N–H and O–H groups in total. The van der Waals surface area contributed by atoms with Gasteiger partial charge in [0.15, 0.2) is 16.6 Å². The van der Waals surface area contributed by atoms with E-state index in [0.29, 0.717) is 59.9 Å². The van der Waals surface area contributed by atoms with Gasteiger partial charge in [-0.1, -0.05) is 11.3 Å². The lowest BCUT2D eigenvalue weighted by atomic mass is 10.1. The number of hydrogen-bond donors (Lipinski definition) is 3. The fourth-order valence-corrected chi connectivity index (χ4v) is 4.69. The van der Waals surface area contributed by atoms with Crippen molar-refractivity contribution >= 4 is 40.6 Å². The molecule has 12 nitrogen and oxygen atoms in total. The highest BCUT2D eigenvalue weighted by atomic mass is 32.1. The number of hydrogen-bond acceptors (Lipinski definition) is 11. The van der Waals surface area contributed by atoms with Gasteiger partial charge in [-0.2, -0.15) is 4.98 Å². The van der Waals surface area contributed by atoms with Gasteiger partial charge in [0, 0.05) is 25.1 Å². The summed E-state index contributed by atoms with van der Waals surface area (Å²) in [5, 5.41) is 16.1. The molecule has 36 heavy (non-hydrogen) atoms. The Morgan fingerprint density at radius 2 is 1.89 bits per heavy atom. The van der Waals surface area contributed by atoms with Crippen molar-refractivity contribution in [1.82, 2.24) is 19.9 Å². The monoisotopic (exact) mass is 514 g/mol. The molecule has 0 radical (unpaired) electrons. The van der Waals surface area contributed by atoms with Gasteiger partial charge in [0.05, 0.1) is 39.3 Å². The number of ether oxygens (including phenoxy) is 3. The smallest absolute Gasteiger partial charge is 0.347 e. The van der Waals surface area contributed by atoms with Crippen molar-refractivity contribution < 1.29 is 28.9 Å². The number of carboxylic acid groups (broad SMARTS) is 1. The first-order valence-corrected chi connectivity index (χ1v) is 11.8. The van der Waals surface area contributed by atoms with Crippen molar-refractivity contribution in [2.45, 2.75) is 26.4 Å². The Hall–Kier alpha value is -4.13. The van der Waals surface area contributed by atoms with Gasteiger partial charge in [-0.3, -0.25) is 10.1 Å². The van der Waals surface area contributed by atoms with Crippen molar-refractivity contribution in [2.24, 2.45) is 0 Å². The zero-order valence-electron chi connectivity index (χ0n) is 20.2. The maximum absolute atomic E-state index is 11.4. The highest BCUT2D eigenvalue weighted by Gasteiger charge is 2.23. The molecule has 1 aromatic carbocycles. The fraction of sp³-hybridized carbons (Fsp3) is 0.348. The van der Waals surface area contributed by atoms with Crippen LogP contribution in [0, 0.1) is 6.92 Å². The van der Waals surface area contributed by atoms with Crippen molar-refractivity contribution in [3.8, 4) is 17.2 Å². The number of rotatable bonds is 10. The number of thiazole rings is 1. The molecule has 4 rings (SSSR count). The molecule has 2 aromatic heterocycles. The molecule has 0 spiro atoms. The molecule has 13 heteroatoms. The van der Waals surface area contributed by atoms with Gasteiger partial charge >= 0.3 is 5.97 Å². The Kier molecular flexibility index (Phi) is 7.38. The molecule has 0 unspecified atom stereocenters. The molecule has 3 aromatic rings. The average molecular weight is 515 g/mol. The molecule has 0 saturated heterocycles. The average Bonchev–Trinajstić information content (AvgIpc) is 3.26. The first kappa shape index (κ1) is 25.0. The van der Waals surface area contributed by atoms with Crippen LogP contribution < -0.4 is 24.8 Å². The number of carbonyl (C=O) groups excluding carboxylic acids is 1. The normalized spacial score (nSPS) is 12.5. The molecule has 190 valence electrons. The second-order valence-corrected chi connectivity index (χ2v) is 8.90. The number of nitrogens with zero attached hydrogens (tertiary/aromatic N) is 4. The van der Waals surface area contributed by atoms with Gasteiger partial charge in [0.1, 0.15) is 10.7 Å². The maximum atomic E-state index is 11.4. The van der Waals surface area contributed by atoms with E-state index in [1.165, 1.54) is 0 Å². The zero-order valence-corrected chi connectivity index (χ0v) is 21.1. The number of methoxy groups -OCH3 is 3. The molecule has 0 aliphatic carbocycles. The number of anilines is 3. The van der Waals surface area contributed by atoms with Crippen LogP contribution in [0.25, 0.3) is 0 Å². The Labute approximate surface area is 211 Å². The van der Waals surface area contributed by atoms with Crippen LogP contribution in [0.5, 0.6) is 17.2 Å². The van der Waals surface area contributed by atoms with E-state index in [9.17, 15) is 14.7 Å². The standard InChI is InChI=1S/C23H26N6O6S/c1-12-19(21(31)32)36-23(25-12)28-22-26-15-5-6-29(11-30)10-14(15)20(27-22)24-9-13-7-16(33-2)18(35-4)17(8-13)34-3/h7-8,11H,5-6,9-10H2,1-4H3,(H,31,32)(H2,24,25,26,27,28). The minimum Gasteiger partial charge on any atom is -0.493 e. The number of aryl methyl sites for hydroxylation is 1. The lowest BCUT2D eigenvalue weighted by Crippen LogP contribution is -2.31. The fourth-order valence-electron chi connectivity index (χ4n) is 3.89. The van der Waals surface area contributed by atoms with Crippen LogP contribution in [0.4, 0.5) is 16.9 Å². The largest absolute Gasteiger partial charge is 0.493 e. The molecular weight excluding hydrogens is 488 g/mol. The van der Waals surface area contributed by atoms with Crippen LogP contribution in [0.15, 0.2) is 12.1 Å². The SMILES string of the molecule is COc1cc(CNc2nc(Nc3nc(C)c(C(=O)O)s3)nc3c2CN(C=O)CC3)cc(OC)c1OC. The van der Waals surface area contributed by atoms with Gasteiger partial charge < -0.3 is 29.5 Å². The van der Waals surface area contributed by atoms with E-state index in [0.717, 1.165) is 34.6 Å². The maximum Gasteiger partial charge on any atom is 0.347 e. The molecule has 1 aliphatic heterocycles. The van der Waals surface area contributed by atoms with E-state index in [-0.39, 0.29) is 10.8 Å². The number of amides is 1. The second-order valence-electron chi connectivity index (χ2n) is 7.90. The lowest BCUT2D eigenvalue weighted by Gasteiger charge is -2.26. The molecule has 0 fully saturated rings. The van der Waals surface area contributed by atoms with Crippen LogP contribution >= 0.6 is 11.3 Å². The predicted octanol–water partition coefficient (Wildman–Crippen LogP) is 2.84. The van der Waals surface area contributed by atoms with E-state index < -0.39 is 5.97 Å². The summed E-state index contributed by atoms with van der Waals surface area (Å²) >= 11 is 1.02. The highest BCUT2D eigenvalue weighted by Crippen LogP contribution is 2.38. The Morgan fingerprint density at radius 1 is 1.17 bits per heavy atom. The number of aromatic carboxylic acids is 1. The van der Waals surface area contributed by atoms with Crippen LogP contribution in [0.2, 0.25) is 0 Å². The Bertz CT molecular complexity index is 1270. The topological polar surface area (TPSA) is 148 Å². The Balaban J connectivity index is 1.65. The second kappa shape index (κ2) is 10.6. The lowest BCUT2D eigenvalue weighted by molar-refractivity contribution is -0.118. The highest BCUT2D eigenvalue weighted by molar-refractivity contribution is 7.17. The molecule has 0 saturated carbocycles. The van der Waals surface area contributed by atoms with Crippen molar-refractivity contribution in [3.63, 3.8) is 0 Å². The van der Waals surface area contributed by atoms with E-state index in [2.05, 4.69) is 25.6 Å². The number of aromatic nitrogens is 3. The number of carbonyl (C=O) groups is 2. The minimum absolute atomic E-state index is 0.151. The minimum atomic E-state index is -1.04. The summed E-state index contributed by atoms with van der Waals surface area (Å²) in [6.07, 6.45) is 1.37. The third-order valence-corrected chi connectivity index (χ3v) is 6.69. The summed E-state index contributed by atoms with van der Waals surface area (Å²) < 4.78 is 16.3. The van der Waals surface area contributed by atoms with E-state index in [4.69, 9.17) is 14.2 Å².